The fourth-order valence-corrected chi connectivity index (χ4v) is 2.38. The zero-order valence-corrected chi connectivity index (χ0v) is 11.8. The molecular weight excluding hydrogens is 303 g/mol. The number of hydrogen-bond acceptors (Lipinski definition) is 4. The zero-order chi connectivity index (χ0) is 15.8. The SMILES string of the molecule is CC(=O)C(C(=O)O)(C(=O)Oc1ccc(Cl)cc1)C1CC1F. The van der Waals surface area contributed by atoms with Gasteiger partial charge < -0.3 is 9.84 Å². The summed E-state index contributed by atoms with van der Waals surface area (Å²) in [6.07, 6.45) is -1.65. The Morgan fingerprint density at radius 3 is 2.24 bits per heavy atom. The number of carbonyl (C=O) groups excluding carboxylic acids is 2. The van der Waals surface area contributed by atoms with Gasteiger partial charge in [-0.1, -0.05) is 11.6 Å². The Morgan fingerprint density at radius 2 is 1.86 bits per heavy atom. The Bertz CT molecular complexity index is 584. The maximum atomic E-state index is 13.3. The lowest BCUT2D eigenvalue weighted by atomic mass is 9.78. The van der Waals surface area contributed by atoms with Crippen LogP contribution in [0.2, 0.25) is 5.02 Å². The molecule has 7 heteroatoms. The molecule has 0 heterocycles. The topological polar surface area (TPSA) is 80.7 Å². The van der Waals surface area contributed by atoms with Crippen LogP contribution in [-0.4, -0.2) is 29.0 Å². The average Bonchev–Trinajstić information content (AvgIpc) is 3.09. The van der Waals surface area contributed by atoms with Gasteiger partial charge >= 0.3 is 11.9 Å². The molecule has 1 aliphatic carbocycles. The normalized spacial score (nSPS) is 23.0. The van der Waals surface area contributed by atoms with E-state index in [0.29, 0.717) is 5.02 Å². The van der Waals surface area contributed by atoms with Gasteiger partial charge in [-0.15, -0.1) is 0 Å². The molecule has 0 bridgehead atoms. The predicted octanol–water partition coefficient (Wildman–Crippen LogP) is 2.26. The number of carbonyl (C=O) groups is 3. The lowest BCUT2D eigenvalue weighted by Crippen LogP contribution is -2.50. The van der Waals surface area contributed by atoms with Gasteiger partial charge in [0.25, 0.3) is 0 Å². The highest BCUT2D eigenvalue weighted by atomic mass is 35.5. The van der Waals surface area contributed by atoms with Crippen molar-refractivity contribution < 1.29 is 28.6 Å². The number of hydrogen-bond donors (Lipinski definition) is 1. The molecule has 0 spiro atoms. The number of carboxylic acids is 1. The van der Waals surface area contributed by atoms with Gasteiger partial charge in [-0.25, -0.2) is 9.18 Å². The van der Waals surface area contributed by atoms with Crippen molar-refractivity contribution in [2.24, 2.45) is 11.3 Å². The summed E-state index contributed by atoms with van der Waals surface area (Å²) < 4.78 is 18.2. The first kappa shape index (κ1) is 15.4. The van der Waals surface area contributed by atoms with Gasteiger partial charge in [0.1, 0.15) is 11.9 Å². The number of benzene rings is 1. The number of aliphatic carboxylic acids is 1. The van der Waals surface area contributed by atoms with Crippen molar-refractivity contribution in [3.63, 3.8) is 0 Å². The summed E-state index contributed by atoms with van der Waals surface area (Å²) in [5, 5.41) is 9.71. The number of rotatable bonds is 5. The van der Waals surface area contributed by atoms with E-state index in [1.165, 1.54) is 24.3 Å². The van der Waals surface area contributed by atoms with E-state index in [0.717, 1.165) is 6.92 Å². The second-order valence-electron chi connectivity index (χ2n) is 4.87. The predicted molar refractivity (Wildman–Crippen MR) is 70.8 cm³/mol. The molecule has 3 atom stereocenters. The van der Waals surface area contributed by atoms with Gasteiger partial charge in [0, 0.05) is 10.9 Å². The summed E-state index contributed by atoms with van der Waals surface area (Å²) in [6.45, 7) is 0.947. The minimum atomic E-state index is -2.50. The lowest BCUT2D eigenvalue weighted by Gasteiger charge is -2.24. The summed E-state index contributed by atoms with van der Waals surface area (Å²) in [6, 6.07) is 5.59. The van der Waals surface area contributed by atoms with Crippen LogP contribution in [0.1, 0.15) is 13.3 Å². The molecule has 21 heavy (non-hydrogen) atoms. The van der Waals surface area contributed by atoms with Crippen molar-refractivity contribution in [3.05, 3.63) is 29.3 Å². The summed E-state index contributed by atoms with van der Waals surface area (Å²) in [5.41, 5.74) is -2.50. The Kier molecular flexibility index (Phi) is 4.00. The van der Waals surface area contributed by atoms with Crippen LogP contribution in [0.3, 0.4) is 0 Å². The number of esters is 1. The van der Waals surface area contributed by atoms with Gasteiger partial charge in [0.15, 0.2) is 5.78 Å². The molecule has 1 fully saturated rings. The fraction of sp³-hybridized carbons (Fsp3) is 0.357. The fourth-order valence-electron chi connectivity index (χ4n) is 2.25. The van der Waals surface area contributed by atoms with E-state index in [2.05, 4.69) is 0 Å². The third kappa shape index (κ3) is 2.63. The third-order valence-corrected chi connectivity index (χ3v) is 3.76. The standard InChI is InChI=1S/C14H12ClFO5/c1-7(17)14(12(18)19,10-6-11(10)16)13(20)21-9-4-2-8(15)3-5-9/h2-5,10-11H,6H2,1H3,(H,18,19). The molecule has 0 radical (unpaired) electrons. The second-order valence-corrected chi connectivity index (χ2v) is 5.31. The second kappa shape index (κ2) is 5.44. The number of ether oxygens (including phenoxy) is 1. The molecular formula is C14H12ClFO5. The van der Waals surface area contributed by atoms with Crippen LogP contribution < -0.4 is 4.74 Å². The summed E-state index contributed by atoms with van der Waals surface area (Å²) in [4.78, 5) is 35.4. The molecule has 1 aromatic carbocycles. The molecule has 112 valence electrons. The first-order chi connectivity index (χ1) is 9.80. The van der Waals surface area contributed by atoms with Crippen LogP contribution in [-0.2, 0) is 14.4 Å². The first-order valence-corrected chi connectivity index (χ1v) is 6.54. The van der Waals surface area contributed by atoms with Gasteiger partial charge in [0.2, 0.25) is 5.41 Å². The molecule has 0 aliphatic heterocycles. The Balaban J connectivity index is 2.32. The first-order valence-electron chi connectivity index (χ1n) is 6.16. The number of alkyl halides is 1. The highest BCUT2D eigenvalue weighted by molar-refractivity contribution is 6.30. The van der Waals surface area contributed by atoms with E-state index >= 15 is 0 Å². The molecule has 1 N–H and O–H groups in total. The Hall–Kier alpha value is -1.95. The largest absolute Gasteiger partial charge is 0.480 e. The summed E-state index contributed by atoms with van der Waals surface area (Å²) in [7, 11) is 0. The maximum Gasteiger partial charge on any atom is 0.337 e. The smallest absolute Gasteiger partial charge is 0.337 e. The lowest BCUT2D eigenvalue weighted by molar-refractivity contribution is -0.168. The molecule has 0 saturated heterocycles. The summed E-state index contributed by atoms with van der Waals surface area (Å²) >= 11 is 5.68. The van der Waals surface area contributed by atoms with Crippen LogP contribution in [0, 0.1) is 11.3 Å². The van der Waals surface area contributed by atoms with E-state index in [1.807, 2.05) is 0 Å². The van der Waals surface area contributed by atoms with Crippen molar-refractivity contribution in [2.45, 2.75) is 19.5 Å². The molecule has 1 saturated carbocycles. The minimum absolute atomic E-state index is 0.0346. The van der Waals surface area contributed by atoms with Crippen molar-refractivity contribution in [2.75, 3.05) is 0 Å². The van der Waals surface area contributed by atoms with E-state index in [9.17, 15) is 23.9 Å². The van der Waals surface area contributed by atoms with E-state index in [4.69, 9.17) is 16.3 Å². The van der Waals surface area contributed by atoms with Crippen LogP contribution >= 0.6 is 11.6 Å². The number of ketones is 1. The molecule has 1 aromatic rings. The maximum absolute atomic E-state index is 13.3. The Morgan fingerprint density at radius 1 is 1.33 bits per heavy atom. The van der Waals surface area contributed by atoms with Gasteiger partial charge in [-0.2, -0.15) is 0 Å². The highest BCUT2D eigenvalue weighted by Crippen LogP contribution is 2.49. The zero-order valence-electron chi connectivity index (χ0n) is 11.0. The molecule has 3 unspecified atom stereocenters. The Labute approximate surface area is 124 Å². The van der Waals surface area contributed by atoms with Gasteiger partial charge in [-0.3, -0.25) is 9.59 Å². The monoisotopic (exact) mass is 314 g/mol. The van der Waals surface area contributed by atoms with Crippen LogP contribution in [0.5, 0.6) is 5.75 Å². The molecule has 2 rings (SSSR count). The number of Topliss-reactive ketones (excluding diaryl/α,β-unsaturated/α-hetero) is 1. The van der Waals surface area contributed by atoms with E-state index < -0.39 is 35.2 Å². The third-order valence-electron chi connectivity index (χ3n) is 3.51. The molecule has 0 amide bonds. The van der Waals surface area contributed by atoms with Crippen molar-refractivity contribution in [3.8, 4) is 5.75 Å². The number of halogens is 2. The van der Waals surface area contributed by atoms with Crippen LogP contribution in [0.4, 0.5) is 4.39 Å². The minimum Gasteiger partial charge on any atom is -0.480 e. The van der Waals surface area contributed by atoms with E-state index in [1.54, 1.807) is 0 Å². The molecule has 1 aliphatic rings. The van der Waals surface area contributed by atoms with Crippen molar-refractivity contribution in [1.82, 2.24) is 0 Å². The van der Waals surface area contributed by atoms with Gasteiger partial charge in [-0.05, 0) is 37.6 Å². The average molecular weight is 315 g/mol. The van der Waals surface area contributed by atoms with Crippen LogP contribution in [0.15, 0.2) is 24.3 Å². The van der Waals surface area contributed by atoms with E-state index in [-0.39, 0.29) is 12.2 Å². The van der Waals surface area contributed by atoms with Crippen LogP contribution in [0.25, 0.3) is 0 Å². The molecule has 5 nitrogen and oxygen atoms in total. The molecule has 0 aromatic heterocycles. The number of carboxylic acid groups (broad SMARTS) is 1. The van der Waals surface area contributed by atoms with Crippen molar-refractivity contribution in [1.29, 1.82) is 0 Å². The van der Waals surface area contributed by atoms with Gasteiger partial charge in [0.05, 0.1) is 0 Å². The summed E-state index contributed by atoms with van der Waals surface area (Å²) in [5.74, 6) is -5.08. The highest BCUT2D eigenvalue weighted by Gasteiger charge is 2.67. The quantitative estimate of drug-likeness (QED) is 0.512. The van der Waals surface area contributed by atoms with Crippen molar-refractivity contribution >= 4 is 29.3 Å².